The highest BCUT2D eigenvalue weighted by Gasteiger charge is 2.22. The smallest absolute Gasteiger partial charge is 0.321 e. The van der Waals surface area contributed by atoms with E-state index in [1.807, 2.05) is 71.6 Å². The summed E-state index contributed by atoms with van der Waals surface area (Å²) in [4.78, 5) is 16.6. The maximum atomic E-state index is 12.6. The highest BCUT2D eigenvalue weighted by Crippen LogP contribution is 2.23. The zero-order chi connectivity index (χ0) is 20.1. The van der Waals surface area contributed by atoms with Gasteiger partial charge in [0.15, 0.2) is 0 Å². The largest absolute Gasteiger partial charge is 0.367 e. The molecule has 0 unspecified atom stereocenters. The molecule has 144 valence electrons. The van der Waals surface area contributed by atoms with Gasteiger partial charge in [-0.2, -0.15) is 5.26 Å². The monoisotopic (exact) mass is 382 g/mol. The molecule has 5 heteroatoms. The minimum absolute atomic E-state index is 0.0920. The van der Waals surface area contributed by atoms with Crippen LogP contribution in [-0.4, -0.2) is 37.1 Å². The van der Waals surface area contributed by atoms with E-state index in [9.17, 15) is 10.1 Å². The van der Waals surface area contributed by atoms with E-state index in [2.05, 4.69) is 28.4 Å². The first-order valence-corrected chi connectivity index (χ1v) is 9.70. The summed E-state index contributed by atoms with van der Waals surface area (Å²) in [5.74, 6) is 0. The number of amides is 2. The van der Waals surface area contributed by atoms with Gasteiger partial charge in [-0.1, -0.05) is 54.6 Å². The number of hydrogen-bond donors (Lipinski definition) is 1. The number of benzene rings is 3. The molecule has 0 aliphatic carbocycles. The Balaban J connectivity index is 1.35. The molecule has 0 spiro atoms. The molecule has 4 rings (SSSR count). The maximum absolute atomic E-state index is 12.6. The van der Waals surface area contributed by atoms with Gasteiger partial charge in [-0.15, -0.1) is 0 Å². The number of nitriles is 1. The average molecular weight is 382 g/mol. The van der Waals surface area contributed by atoms with Gasteiger partial charge in [-0.3, -0.25) is 0 Å². The zero-order valence-corrected chi connectivity index (χ0v) is 16.1. The zero-order valence-electron chi connectivity index (χ0n) is 16.1. The number of carbonyl (C=O) groups is 1. The molecule has 1 aliphatic rings. The standard InChI is InChI=1S/C24H22N4O/c25-18-21-8-4-5-9-23(21)27-14-16-28(17-15-27)24(29)26-22-12-10-20(11-13-22)19-6-2-1-3-7-19/h1-13H,14-17H2,(H,26,29). The van der Waals surface area contributed by atoms with Crippen LogP contribution in [0.2, 0.25) is 0 Å². The first kappa shape index (κ1) is 18.6. The Morgan fingerprint density at radius 1 is 0.793 bits per heavy atom. The Kier molecular flexibility index (Phi) is 5.44. The molecule has 0 bridgehead atoms. The van der Waals surface area contributed by atoms with E-state index in [0.717, 1.165) is 22.5 Å². The van der Waals surface area contributed by atoms with Crippen LogP contribution in [-0.2, 0) is 0 Å². The van der Waals surface area contributed by atoms with Crippen LogP contribution < -0.4 is 10.2 Å². The van der Waals surface area contributed by atoms with Gasteiger partial charge >= 0.3 is 6.03 Å². The van der Waals surface area contributed by atoms with Crippen LogP contribution in [0.3, 0.4) is 0 Å². The molecule has 1 heterocycles. The number of nitrogens with one attached hydrogen (secondary N) is 1. The Hall–Kier alpha value is -3.78. The summed E-state index contributed by atoms with van der Waals surface area (Å²) in [5, 5.41) is 12.3. The number of carbonyl (C=O) groups excluding carboxylic acids is 1. The van der Waals surface area contributed by atoms with Gasteiger partial charge in [0.1, 0.15) is 6.07 Å². The van der Waals surface area contributed by atoms with Crippen molar-refractivity contribution in [2.24, 2.45) is 0 Å². The van der Waals surface area contributed by atoms with Crippen LogP contribution in [0.5, 0.6) is 0 Å². The predicted octanol–water partition coefficient (Wildman–Crippen LogP) is 4.58. The van der Waals surface area contributed by atoms with E-state index in [1.54, 1.807) is 0 Å². The molecule has 1 saturated heterocycles. The summed E-state index contributed by atoms with van der Waals surface area (Å²) < 4.78 is 0. The molecule has 0 saturated carbocycles. The van der Waals surface area contributed by atoms with Crippen LogP contribution in [0.1, 0.15) is 5.56 Å². The fourth-order valence-electron chi connectivity index (χ4n) is 3.57. The summed E-state index contributed by atoms with van der Waals surface area (Å²) in [7, 11) is 0. The Bertz CT molecular complexity index is 1020. The lowest BCUT2D eigenvalue weighted by atomic mass is 10.1. The fourth-order valence-corrected chi connectivity index (χ4v) is 3.57. The third-order valence-electron chi connectivity index (χ3n) is 5.18. The van der Waals surface area contributed by atoms with Crippen molar-refractivity contribution < 1.29 is 4.79 Å². The molecule has 3 aromatic rings. The fraction of sp³-hybridized carbons (Fsp3) is 0.167. The Morgan fingerprint density at radius 2 is 1.41 bits per heavy atom. The van der Waals surface area contributed by atoms with Crippen molar-refractivity contribution in [1.29, 1.82) is 5.26 Å². The normalized spacial score (nSPS) is 13.6. The lowest BCUT2D eigenvalue weighted by molar-refractivity contribution is 0.208. The first-order chi connectivity index (χ1) is 14.2. The van der Waals surface area contributed by atoms with Gasteiger partial charge < -0.3 is 15.1 Å². The summed E-state index contributed by atoms with van der Waals surface area (Å²) in [6.07, 6.45) is 0. The second-order valence-electron chi connectivity index (χ2n) is 6.98. The molecule has 0 aromatic heterocycles. The van der Waals surface area contributed by atoms with Gasteiger partial charge in [-0.25, -0.2) is 4.79 Å². The molecule has 2 amide bonds. The number of nitrogens with zero attached hydrogens (tertiary/aromatic N) is 3. The quantitative estimate of drug-likeness (QED) is 0.721. The summed E-state index contributed by atoms with van der Waals surface area (Å²) >= 11 is 0. The maximum Gasteiger partial charge on any atom is 0.321 e. The molecule has 5 nitrogen and oxygen atoms in total. The van der Waals surface area contributed by atoms with Crippen LogP contribution in [0.15, 0.2) is 78.9 Å². The molecular weight excluding hydrogens is 360 g/mol. The number of urea groups is 1. The second kappa shape index (κ2) is 8.49. The number of anilines is 2. The lowest BCUT2D eigenvalue weighted by Gasteiger charge is -2.36. The highest BCUT2D eigenvalue weighted by molar-refractivity contribution is 5.90. The van der Waals surface area contributed by atoms with Gasteiger partial charge in [-0.05, 0) is 35.4 Å². The van der Waals surface area contributed by atoms with Crippen LogP contribution in [0.4, 0.5) is 16.2 Å². The van der Waals surface area contributed by atoms with E-state index in [-0.39, 0.29) is 6.03 Å². The Morgan fingerprint density at radius 3 is 2.10 bits per heavy atom. The third-order valence-corrected chi connectivity index (χ3v) is 5.18. The first-order valence-electron chi connectivity index (χ1n) is 9.70. The van der Waals surface area contributed by atoms with Gasteiger partial charge in [0, 0.05) is 31.9 Å². The van der Waals surface area contributed by atoms with Crippen molar-refractivity contribution in [2.45, 2.75) is 0 Å². The molecule has 3 aromatic carbocycles. The summed E-state index contributed by atoms with van der Waals surface area (Å²) in [5.41, 5.74) is 4.66. The van der Waals surface area contributed by atoms with Crippen LogP contribution in [0.25, 0.3) is 11.1 Å². The Labute approximate surface area is 170 Å². The molecule has 29 heavy (non-hydrogen) atoms. The minimum Gasteiger partial charge on any atom is -0.367 e. The second-order valence-corrected chi connectivity index (χ2v) is 6.98. The third kappa shape index (κ3) is 4.22. The topological polar surface area (TPSA) is 59.4 Å². The van der Waals surface area contributed by atoms with Gasteiger partial charge in [0.25, 0.3) is 0 Å². The van der Waals surface area contributed by atoms with Crippen molar-refractivity contribution in [2.75, 3.05) is 36.4 Å². The molecule has 0 radical (unpaired) electrons. The van der Waals surface area contributed by atoms with Crippen molar-refractivity contribution >= 4 is 17.4 Å². The van der Waals surface area contributed by atoms with Crippen molar-refractivity contribution in [3.05, 3.63) is 84.4 Å². The van der Waals surface area contributed by atoms with E-state index < -0.39 is 0 Å². The highest BCUT2D eigenvalue weighted by atomic mass is 16.2. The van der Waals surface area contributed by atoms with E-state index in [0.29, 0.717) is 31.7 Å². The molecule has 1 fully saturated rings. The van der Waals surface area contributed by atoms with E-state index >= 15 is 0 Å². The number of piperazine rings is 1. The van der Waals surface area contributed by atoms with Crippen molar-refractivity contribution in [1.82, 2.24) is 4.90 Å². The summed E-state index contributed by atoms with van der Waals surface area (Å²) in [6, 6.07) is 27.8. The molecule has 1 aliphatic heterocycles. The SMILES string of the molecule is N#Cc1ccccc1N1CCN(C(=O)Nc2ccc(-c3ccccc3)cc2)CC1. The molecule has 0 atom stereocenters. The van der Waals surface area contributed by atoms with Crippen molar-refractivity contribution in [3.63, 3.8) is 0 Å². The minimum atomic E-state index is -0.0920. The molecular formula is C24H22N4O. The molecule has 1 N–H and O–H groups in total. The van der Waals surface area contributed by atoms with Crippen LogP contribution >= 0.6 is 0 Å². The van der Waals surface area contributed by atoms with E-state index in [1.165, 1.54) is 0 Å². The van der Waals surface area contributed by atoms with E-state index in [4.69, 9.17) is 0 Å². The summed E-state index contributed by atoms with van der Waals surface area (Å²) in [6.45, 7) is 2.65. The lowest BCUT2D eigenvalue weighted by Crippen LogP contribution is -2.50. The average Bonchev–Trinajstić information content (AvgIpc) is 2.80. The van der Waals surface area contributed by atoms with Crippen molar-refractivity contribution in [3.8, 4) is 17.2 Å². The van der Waals surface area contributed by atoms with Gasteiger partial charge in [0.2, 0.25) is 0 Å². The van der Waals surface area contributed by atoms with Crippen LogP contribution in [0, 0.1) is 11.3 Å². The number of rotatable bonds is 3. The number of hydrogen-bond acceptors (Lipinski definition) is 3. The number of para-hydroxylation sites is 1. The van der Waals surface area contributed by atoms with Gasteiger partial charge in [0.05, 0.1) is 11.3 Å². The predicted molar refractivity (Wildman–Crippen MR) is 116 cm³/mol.